The average Bonchev–Trinajstić information content (AvgIpc) is 2.60. The van der Waals surface area contributed by atoms with Crippen LogP contribution in [0.3, 0.4) is 0 Å². The van der Waals surface area contributed by atoms with Gasteiger partial charge in [0.2, 0.25) is 0 Å². The third-order valence-corrected chi connectivity index (χ3v) is 2.71. The van der Waals surface area contributed by atoms with Gasteiger partial charge in [-0.05, 0) is 12.1 Å². The van der Waals surface area contributed by atoms with Crippen molar-refractivity contribution in [1.82, 2.24) is 9.97 Å². The van der Waals surface area contributed by atoms with Gasteiger partial charge in [0.15, 0.2) is 0 Å². The van der Waals surface area contributed by atoms with Crippen LogP contribution in [-0.4, -0.2) is 15.7 Å². The van der Waals surface area contributed by atoms with E-state index >= 15 is 0 Å². The predicted molar refractivity (Wildman–Crippen MR) is 61.1 cm³/mol. The minimum absolute atomic E-state index is 0.733. The molecule has 2 aromatic rings. The molecule has 0 radical (unpaired) electrons. The maximum absolute atomic E-state index is 5.17. The molecule has 0 atom stereocenters. The number of para-hydroxylation sites is 2. The number of hydrogen-bond acceptors (Lipinski definition) is 2. The summed E-state index contributed by atoms with van der Waals surface area (Å²) in [5.74, 6) is 5.16. The first-order valence-electron chi connectivity index (χ1n) is 4.35. The molecule has 1 aromatic carbocycles. The molecule has 14 heavy (non-hydrogen) atoms. The molecule has 0 saturated carbocycles. The van der Waals surface area contributed by atoms with E-state index < -0.39 is 0 Å². The van der Waals surface area contributed by atoms with Gasteiger partial charge < -0.3 is 4.98 Å². The minimum Gasteiger partial charge on any atom is -0.341 e. The van der Waals surface area contributed by atoms with Gasteiger partial charge in [0.1, 0.15) is 5.82 Å². The monoisotopic (exact) mass is 202 g/mol. The standard InChI is InChI=1S/C11H10N2S/c1-2-7-14-8-11-12-9-5-3-4-6-10(9)13-11/h1,3-6H,7-8H2,(H,12,13). The summed E-state index contributed by atoms with van der Waals surface area (Å²) in [5.41, 5.74) is 2.10. The maximum Gasteiger partial charge on any atom is 0.117 e. The van der Waals surface area contributed by atoms with Crippen LogP contribution < -0.4 is 0 Å². The van der Waals surface area contributed by atoms with Crippen LogP contribution in [0.15, 0.2) is 24.3 Å². The first-order valence-corrected chi connectivity index (χ1v) is 5.50. The number of nitrogens with zero attached hydrogens (tertiary/aromatic N) is 1. The van der Waals surface area contributed by atoms with Crippen LogP contribution >= 0.6 is 11.8 Å². The molecule has 0 aliphatic heterocycles. The third-order valence-electron chi connectivity index (χ3n) is 1.86. The molecular weight excluding hydrogens is 192 g/mol. The third kappa shape index (κ3) is 1.91. The predicted octanol–water partition coefficient (Wildman–Crippen LogP) is 2.43. The van der Waals surface area contributed by atoms with Gasteiger partial charge in [-0.25, -0.2) is 4.98 Å². The Kier molecular flexibility index (Phi) is 2.76. The number of benzene rings is 1. The Labute approximate surface area is 87.1 Å². The van der Waals surface area contributed by atoms with Crippen molar-refractivity contribution in [3.8, 4) is 12.3 Å². The molecule has 0 unspecified atom stereocenters. The summed E-state index contributed by atoms with van der Waals surface area (Å²) in [6.45, 7) is 0. The van der Waals surface area contributed by atoms with E-state index in [0.717, 1.165) is 28.4 Å². The van der Waals surface area contributed by atoms with Gasteiger partial charge in [-0.2, -0.15) is 0 Å². The fourth-order valence-corrected chi connectivity index (χ4v) is 1.83. The maximum atomic E-state index is 5.17. The van der Waals surface area contributed by atoms with Crippen molar-refractivity contribution >= 4 is 22.8 Å². The van der Waals surface area contributed by atoms with E-state index in [9.17, 15) is 0 Å². The molecule has 0 spiro atoms. The molecule has 0 fully saturated rings. The molecule has 1 heterocycles. The number of hydrogen-bond donors (Lipinski definition) is 1. The summed E-state index contributed by atoms with van der Waals surface area (Å²) in [4.78, 5) is 7.69. The second-order valence-corrected chi connectivity index (χ2v) is 3.88. The summed E-state index contributed by atoms with van der Waals surface area (Å²) in [6, 6.07) is 8.01. The number of fused-ring (bicyclic) bond motifs is 1. The van der Waals surface area contributed by atoms with Crippen molar-refractivity contribution in [3.63, 3.8) is 0 Å². The van der Waals surface area contributed by atoms with Crippen molar-refractivity contribution in [2.24, 2.45) is 0 Å². The van der Waals surface area contributed by atoms with E-state index in [1.54, 1.807) is 11.8 Å². The van der Waals surface area contributed by atoms with Gasteiger partial charge in [-0.1, -0.05) is 18.1 Å². The summed E-state index contributed by atoms with van der Waals surface area (Å²) < 4.78 is 0. The summed E-state index contributed by atoms with van der Waals surface area (Å²) in [7, 11) is 0. The minimum atomic E-state index is 0.733. The number of nitrogens with one attached hydrogen (secondary N) is 1. The number of aromatic nitrogens is 2. The SMILES string of the molecule is C#CCSCc1nc2ccccc2[nH]1. The Morgan fingerprint density at radius 2 is 2.29 bits per heavy atom. The van der Waals surface area contributed by atoms with Crippen LogP contribution in [0.25, 0.3) is 11.0 Å². The Balaban J connectivity index is 2.15. The fourth-order valence-electron chi connectivity index (χ4n) is 1.28. The highest BCUT2D eigenvalue weighted by Gasteiger charge is 2.00. The number of thioether (sulfide) groups is 1. The van der Waals surface area contributed by atoms with E-state index in [1.165, 1.54) is 0 Å². The number of aromatic amines is 1. The topological polar surface area (TPSA) is 28.7 Å². The first kappa shape index (κ1) is 9.17. The van der Waals surface area contributed by atoms with Gasteiger partial charge >= 0.3 is 0 Å². The van der Waals surface area contributed by atoms with Crippen molar-refractivity contribution in [3.05, 3.63) is 30.1 Å². The van der Waals surface area contributed by atoms with E-state index in [2.05, 4.69) is 15.9 Å². The van der Waals surface area contributed by atoms with Crippen molar-refractivity contribution in [2.75, 3.05) is 5.75 Å². The molecule has 3 heteroatoms. The second kappa shape index (κ2) is 4.21. The van der Waals surface area contributed by atoms with Gasteiger partial charge in [0, 0.05) is 0 Å². The van der Waals surface area contributed by atoms with E-state index in [0.29, 0.717) is 0 Å². The normalized spacial score (nSPS) is 10.2. The Hall–Kier alpha value is -1.40. The molecule has 2 rings (SSSR count). The van der Waals surface area contributed by atoms with Crippen molar-refractivity contribution in [1.29, 1.82) is 0 Å². The zero-order valence-electron chi connectivity index (χ0n) is 7.66. The first-order chi connectivity index (χ1) is 6.90. The zero-order valence-corrected chi connectivity index (χ0v) is 8.47. The zero-order chi connectivity index (χ0) is 9.80. The summed E-state index contributed by atoms with van der Waals surface area (Å²) in [5, 5.41) is 0. The highest BCUT2D eigenvalue weighted by atomic mass is 32.2. The van der Waals surface area contributed by atoms with Crippen LogP contribution in [0, 0.1) is 12.3 Å². The number of imidazole rings is 1. The molecule has 2 nitrogen and oxygen atoms in total. The Morgan fingerprint density at radius 3 is 3.07 bits per heavy atom. The van der Waals surface area contributed by atoms with Gasteiger partial charge in [0.05, 0.1) is 22.5 Å². The molecular formula is C11H10N2S. The van der Waals surface area contributed by atoms with E-state index in [-0.39, 0.29) is 0 Å². The molecule has 70 valence electrons. The fraction of sp³-hybridized carbons (Fsp3) is 0.182. The van der Waals surface area contributed by atoms with Crippen LogP contribution in [-0.2, 0) is 5.75 Å². The Morgan fingerprint density at radius 1 is 1.43 bits per heavy atom. The second-order valence-electron chi connectivity index (χ2n) is 2.90. The van der Waals surface area contributed by atoms with Crippen LogP contribution in [0.4, 0.5) is 0 Å². The highest BCUT2D eigenvalue weighted by Crippen LogP contribution is 2.14. The largest absolute Gasteiger partial charge is 0.341 e. The lowest BCUT2D eigenvalue weighted by atomic mass is 10.3. The van der Waals surface area contributed by atoms with E-state index in [1.807, 2.05) is 24.3 Å². The molecule has 0 bridgehead atoms. The smallest absolute Gasteiger partial charge is 0.117 e. The quantitative estimate of drug-likeness (QED) is 0.611. The lowest BCUT2D eigenvalue weighted by molar-refractivity contribution is 1.14. The average molecular weight is 202 g/mol. The molecule has 0 aliphatic rings. The van der Waals surface area contributed by atoms with Crippen LogP contribution in [0.5, 0.6) is 0 Å². The summed E-state index contributed by atoms with van der Waals surface area (Å²) in [6.07, 6.45) is 5.17. The lowest BCUT2D eigenvalue weighted by Crippen LogP contribution is -1.83. The number of terminal acetylenes is 1. The molecule has 0 amide bonds. The lowest BCUT2D eigenvalue weighted by Gasteiger charge is -1.90. The summed E-state index contributed by atoms with van der Waals surface area (Å²) >= 11 is 1.69. The van der Waals surface area contributed by atoms with Gasteiger partial charge in [-0.15, -0.1) is 18.2 Å². The molecule has 0 aliphatic carbocycles. The van der Waals surface area contributed by atoms with E-state index in [4.69, 9.17) is 6.42 Å². The molecule has 1 N–H and O–H groups in total. The van der Waals surface area contributed by atoms with Gasteiger partial charge in [-0.3, -0.25) is 0 Å². The Bertz CT molecular complexity index is 434. The van der Waals surface area contributed by atoms with Crippen molar-refractivity contribution < 1.29 is 0 Å². The van der Waals surface area contributed by atoms with Gasteiger partial charge in [0.25, 0.3) is 0 Å². The molecule has 1 aromatic heterocycles. The van der Waals surface area contributed by atoms with Crippen LogP contribution in [0.1, 0.15) is 5.82 Å². The number of H-pyrrole nitrogens is 1. The van der Waals surface area contributed by atoms with Crippen LogP contribution in [0.2, 0.25) is 0 Å². The number of rotatable bonds is 3. The highest BCUT2D eigenvalue weighted by molar-refractivity contribution is 7.98. The molecule has 0 saturated heterocycles. The van der Waals surface area contributed by atoms with Crippen molar-refractivity contribution in [2.45, 2.75) is 5.75 Å².